The summed E-state index contributed by atoms with van der Waals surface area (Å²) in [6.07, 6.45) is 2.14. The lowest BCUT2D eigenvalue weighted by atomic mass is 10.2. The number of ether oxygens (including phenoxy) is 2. The van der Waals surface area contributed by atoms with Crippen LogP contribution >= 0.6 is 11.6 Å². The Morgan fingerprint density at radius 1 is 0.853 bits per heavy atom. The largest absolute Gasteiger partial charge is 0.462 e. The molecule has 0 aliphatic carbocycles. The number of benzene rings is 2. The average Bonchev–Trinajstić information content (AvgIpc) is 2.80. The Morgan fingerprint density at radius 3 is 2.21 bits per heavy atom. The zero-order valence-electron chi connectivity index (χ0n) is 19.3. The highest BCUT2D eigenvalue weighted by Gasteiger charge is 2.11. The Kier molecular flexibility index (Phi) is 11.1. The van der Waals surface area contributed by atoms with Crippen molar-refractivity contribution in [3.63, 3.8) is 0 Å². The van der Waals surface area contributed by atoms with Gasteiger partial charge >= 0.3 is 11.9 Å². The molecule has 0 spiro atoms. The van der Waals surface area contributed by atoms with Crippen molar-refractivity contribution in [3.05, 3.63) is 58.6 Å². The smallest absolute Gasteiger partial charge is 0.338 e. The Labute approximate surface area is 204 Å². The molecule has 9 heteroatoms. The summed E-state index contributed by atoms with van der Waals surface area (Å²) in [6, 6.07) is 11.4. The van der Waals surface area contributed by atoms with Crippen LogP contribution in [0, 0.1) is 6.92 Å². The van der Waals surface area contributed by atoms with E-state index in [1.165, 1.54) is 0 Å². The van der Waals surface area contributed by atoms with E-state index in [0.29, 0.717) is 28.6 Å². The minimum Gasteiger partial charge on any atom is -0.462 e. The van der Waals surface area contributed by atoms with Gasteiger partial charge in [-0.2, -0.15) is 0 Å². The molecule has 2 aromatic rings. The van der Waals surface area contributed by atoms with Crippen LogP contribution in [0.2, 0.25) is 5.02 Å². The highest BCUT2D eigenvalue weighted by atomic mass is 35.5. The van der Waals surface area contributed by atoms with Crippen LogP contribution in [0.4, 0.5) is 11.4 Å². The third-order valence-corrected chi connectivity index (χ3v) is 5.15. The maximum absolute atomic E-state index is 12.0. The normalized spacial score (nSPS) is 10.3. The highest BCUT2D eigenvalue weighted by Crippen LogP contribution is 2.20. The zero-order chi connectivity index (χ0) is 24.9. The van der Waals surface area contributed by atoms with Crippen LogP contribution in [0.25, 0.3) is 0 Å². The van der Waals surface area contributed by atoms with Crippen LogP contribution < -0.4 is 10.6 Å². The molecule has 0 aliphatic rings. The van der Waals surface area contributed by atoms with Gasteiger partial charge in [-0.1, -0.05) is 31.0 Å². The van der Waals surface area contributed by atoms with Crippen molar-refractivity contribution in [2.75, 3.05) is 23.8 Å². The summed E-state index contributed by atoms with van der Waals surface area (Å²) in [6.45, 7) is 3.79. The molecule has 2 amide bonds. The van der Waals surface area contributed by atoms with Gasteiger partial charge in [-0.15, -0.1) is 0 Å². The van der Waals surface area contributed by atoms with Crippen LogP contribution in [-0.4, -0.2) is 37.0 Å². The van der Waals surface area contributed by atoms with Gasteiger partial charge in [0.15, 0.2) is 6.61 Å². The van der Waals surface area contributed by atoms with Crippen LogP contribution in [-0.2, 0) is 23.9 Å². The van der Waals surface area contributed by atoms with Gasteiger partial charge in [0.1, 0.15) is 0 Å². The lowest BCUT2D eigenvalue weighted by Crippen LogP contribution is -2.21. The molecule has 0 atom stereocenters. The SMILES string of the molecule is CCCCOC(=O)c1ccc(NC(=O)COC(=O)CCCC(=O)Nc2ccc(C)c(Cl)c2)cc1. The first-order chi connectivity index (χ1) is 16.3. The minimum atomic E-state index is -0.577. The van der Waals surface area contributed by atoms with Crippen molar-refractivity contribution in [2.45, 2.75) is 46.0 Å². The minimum absolute atomic E-state index is 0.00416. The first kappa shape index (κ1) is 26.9. The monoisotopic (exact) mass is 488 g/mol. The van der Waals surface area contributed by atoms with E-state index in [4.69, 9.17) is 21.1 Å². The van der Waals surface area contributed by atoms with E-state index in [1.807, 2.05) is 13.8 Å². The summed E-state index contributed by atoms with van der Waals surface area (Å²) in [7, 11) is 0. The van der Waals surface area contributed by atoms with Crippen LogP contribution in [0.3, 0.4) is 0 Å². The molecule has 2 N–H and O–H groups in total. The van der Waals surface area contributed by atoms with E-state index in [9.17, 15) is 19.2 Å². The van der Waals surface area contributed by atoms with Crippen molar-refractivity contribution in [1.82, 2.24) is 0 Å². The Hall–Kier alpha value is -3.39. The molecule has 182 valence electrons. The predicted octanol–water partition coefficient (Wildman–Crippen LogP) is 4.90. The summed E-state index contributed by atoms with van der Waals surface area (Å²) in [5.41, 5.74) is 2.33. The third kappa shape index (κ3) is 9.62. The fourth-order valence-electron chi connectivity index (χ4n) is 2.78. The fraction of sp³-hybridized carbons (Fsp3) is 0.360. The molecular weight excluding hydrogens is 460 g/mol. The number of carbonyl (C=O) groups excluding carboxylic acids is 4. The lowest BCUT2D eigenvalue weighted by molar-refractivity contribution is -0.147. The van der Waals surface area contributed by atoms with Gasteiger partial charge in [0.2, 0.25) is 5.91 Å². The van der Waals surface area contributed by atoms with Gasteiger partial charge in [0, 0.05) is 29.2 Å². The van der Waals surface area contributed by atoms with Gasteiger partial charge in [-0.05, 0) is 61.7 Å². The molecule has 0 fully saturated rings. The van der Waals surface area contributed by atoms with Crippen LogP contribution in [0.5, 0.6) is 0 Å². The highest BCUT2D eigenvalue weighted by molar-refractivity contribution is 6.31. The first-order valence-corrected chi connectivity index (χ1v) is 11.4. The van der Waals surface area contributed by atoms with E-state index >= 15 is 0 Å². The standard InChI is InChI=1S/C25H29ClN2O6/c1-3-4-14-33-25(32)18-9-12-19(13-10-18)27-23(30)16-34-24(31)7-5-6-22(29)28-20-11-8-17(2)21(26)15-20/h8-13,15H,3-7,14,16H2,1-2H3,(H,27,30)(H,28,29). The second kappa shape index (κ2) is 14.0. The van der Waals surface area contributed by atoms with E-state index in [2.05, 4.69) is 10.6 Å². The molecule has 0 saturated carbocycles. The van der Waals surface area contributed by atoms with Gasteiger partial charge in [-0.25, -0.2) is 4.79 Å². The number of halogens is 1. The maximum Gasteiger partial charge on any atom is 0.338 e. The van der Waals surface area contributed by atoms with Crippen molar-refractivity contribution in [2.24, 2.45) is 0 Å². The number of hydrogen-bond donors (Lipinski definition) is 2. The second-order valence-electron chi connectivity index (χ2n) is 7.64. The number of carbonyl (C=O) groups is 4. The van der Waals surface area contributed by atoms with Crippen molar-refractivity contribution < 1.29 is 28.7 Å². The summed E-state index contributed by atoms with van der Waals surface area (Å²) >= 11 is 6.03. The number of rotatable bonds is 12. The number of hydrogen-bond acceptors (Lipinski definition) is 6. The number of nitrogens with one attached hydrogen (secondary N) is 2. The number of esters is 2. The number of amides is 2. The molecular formula is C25H29ClN2O6. The predicted molar refractivity (Wildman–Crippen MR) is 130 cm³/mol. The van der Waals surface area contributed by atoms with Crippen molar-refractivity contribution in [3.8, 4) is 0 Å². The van der Waals surface area contributed by atoms with Gasteiger partial charge in [0.25, 0.3) is 5.91 Å². The molecule has 0 aromatic heterocycles. The number of unbranched alkanes of at least 4 members (excludes halogenated alkanes) is 1. The van der Waals surface area contributed by atoms with E-state index in [0.717, 1.165) is 18.4 Å². The Morgan fingerprint density at radius 2 is 1.53 bits per heavy atom. The molecule has 0 saturated heterocycles. The van der Waals surface area contributed by atoms with Crippen molar-refractivity contribution >= 4 is 46.7 Å². The zero-order valence-corrected chi connectivity index (χ0v) is 20.1. The molecule has 0 aliphatic heterocycles. The van der Waals surface area contributed by atoms with Crippen LogP contribution in [0.15, 0.2) is 42.5 Å². The number of aryl methyl sites for hydroxylation is 1. The molecule has 8 nitrogen and oxygen atoms in total. The Balaban J connectivity index is 1.64. The second-order valence-corrected chi connectivity index (χ2v) is 8.05. The summed E-state index contributed by atoms with van der Waals surface area (Å²) < 4.78 is 10.1. The topological polar surface area (TPSA) is 111 Å². The van der Waals surface area contributed by atoms with Crippen LogP contribution in [0.1, 0.15) is 54.9 Å². The lowest BCUT2D eigenvalue weighted by Gasteiger charge is -2.08. The number of anilines is 2. The molecule has 34 heavy (non-hydrogen) atoms. The van der Waals surface area contributed by atoms with Gasteiger partial charge in [-0.3, -0.25) is 14.4 Å². The summed E-state index contributed by atoms with van der Waals surface area (Å²) in [5, 5.41) is 5.85. The summed E-state index contributed by atoms with van der Waals surface area (Å²) in [4.78, 5) is 47.7. The molecule has 0 heterocycles. The maximum atomic E-state index is 12.0. The third-order valence-electron chi connectivity index (χ3n) is 4.74. The molecule has 0 radical (unpaired) electrons. The van der Waals surface area contributed by atoms with E-state index in [1.54, 1.807) is 42.5 Å². The Bertz CT molecular complexity index is 1010. The molecule has 0 bridgehead atoms. The van der Waals surface area contributed by atoms with Gasteiger partial charge < -0.3 is 20.1 Å². The van der Waals surface area contributed by atoms with Gasteiger partial charge in [0.05, 0.1) is 12.2 Å². The molecule has 0 unspecified atom stereocenters. The first-order valence-electron chi connectivity index (χ1n) is 11.1. The average molecular weight is 489 g/mol. The molecule has 2 aromatic carbocycles. The van der Waals surface area contributed by atoms with E-state index < -0.39 is 24.5 Å². The fourth-order valence-corrected chi connectivity index (χ4v) is 2.97. The summed E-state index contributed by atoms with van der Waals surface area (Å²) in [5.74, 6) is -1.76. The quantitative estimate of drug-likeness (QED) is 0.325. The van der Waals surface area contributed by atoms with Crippen molar-refractivity contribution in [1.29, 1.82) is 0 Å². The van der Waals surface area contributed by atoms with E-state index in [-0.39, 0.29) is 25.2 Å². The molecule has 2 rings (SSSR count).